The Balaban J connectivity index is 0.000000173. The molecule has 0 aliphatic rings. The van der Waals surface area contributed by atoms with Gasteiger partial charge in [0.1, 0.15) is 45.9 Å². The zero-order chi connectivity index (χ0) is 46.2. The first-order chi connectivity index (χ1) is 29.4. The summed E-state index contributed by atoms with van der Waals surface area (Å²) in [6, 6.07) is 9.13. The SMILES string of the molecule is Fc1cnc(-c2cc(Br)ccc2F)c(F)c1.[2H]C([2H])([2H])C(C)(O)c1cnn2c(-c3ccc(F)c(-c4ncc(F)cc4F)c3)cnc2n1.[2H]C([2H])([2H])C(C)(O)c1cnn2ccnc2n1. The molecule has 8 rings (SSSR count). The third-order valence-corrected chi connectivity index (χ3v) is 8.17. The van der Waals surface area contributed by atoms with Crippen molar-refractivity contribution in [2.75, 3.05) is 0 Å². The van der Waals surface area contributed by atoms with Gasteiger partial charge in [-0.15, -0.1) is 0 Å². The molecule has 0 radical (unpaired) electrons. The number of aliphatic hydroxyl groups is 2. The van der Waals surface area contributed by atoms with Crippen LogP contribution in [0.5, 0.6) is 0 Å². The Morgan fingerprint density at radius 2 is 1.19 bits per heavy atom. The minimum atomic E-state index is -2.74. The fourth-order valence-electron chi connectivity index (χ4n) is 4.92. The Labute approximate surface area is 336 Å². The predicted octanol–water partition coefficient (Wildman–Crippen LogP) is 7.78. The second kappa shape index (κ2) is 16.1. The molecule has 12 nitrogen and oxygen atoms in total. The van der Waals surface area contributed by atoms with Crippen LogP contribution in [0, 0.1) is 34.9 Å². The summed E-state index contributed by atoms with van der Waals surface area (Å²) in [5, 5.41) is 28.3. The van der Waals surface area contributed by atoms with Gasteiger partial charge in [-0.05, 0) is 63.9 Å². The van der Waals surface area contributed by atoms with Crippen LogP contribution in [-0.2, 0) is 11.2 Å². The molecule has 6 aromatic heterocycles. The van der Waals surface area contributed by atoms with Crippen LogP contribution in [0.1, 0.15) is 47.2 Å². The lowest BCUT2D eigenvalue weighted by atomic mass is 10.0. The molecule has 0 bridgehead atoms. The zero-order valence-electron chi connectivity index (χ0n) is 35.2. The second-order valence-electron chi connectivity index (χ2n) is 12.2. The molecule has 0 saturated carbocycles. The molecule has 2 aromatic carbocycles. The third-order valence-electron chi connectivity index (χ3n) is 7.68. The van der Waals surface area contributed by atoms with E-state index < -0.39 is 59.8 Å². The highest BCUT2D eigenvalue weighted by Gasteiger charge is 2.22. The molecular formula is C38H29BrF6N10O2. The third kappa shape index (κ3) is 9.28. The average molecular weight is 858 g/mol. The summed E-state index contributed by atoms with van der Waals surface area (Å²) in [6.07, 6.45) is 8.37. The first-order valence-corrected chi connectivity index (χ1v) is 16.9. The summed E-state index contributed by atoms with van der Waals surface area (Å²) >= 11 is 3.14. The number of hydrogen-bond acceptors (Lipinski definition) is 10. The van der Waals surface area contributed by atoms with E-state index in [2.05, 4.69) is 56.0 Å². The van der Waals surface area contributed by atoms with Crippen LogP contribution in [0.25, 0.3) is 45.3 Å². The lowest BCUT2D eigenvalue weighted by molar-refractivity contribution is 0.0729. The standard InChI is InChI=1S/C19H14F3N5O.C11H5BrF3N.C8H10N4O/c1-19(2,28)16-9-25-27-15(8-24-18(27)26-16)10-3-4-13(21)12(5-10)17-14(22)6-11(20)7-23-17;12-6-1-2-9(14)8(3-6)11-10(15)4-7(13)5-16-11;1-8(2,13)6-5-10-12-4-3-9-7(12)11-6/h3-9,28H,1-2H3;1-5H;3-5,13H,1-2H3/i1D3;;1D3. The van der Waals surface area contributed by atoms with Crippen LogP contribution in [0.3, 0.4) is 0 Å². The number of nitrogens with zero attached hydrogens (tertiary/aromatic N) is 10. The van der Waals surface area contributed by atoms with Gasteiger partial charge in [0.05, 0.1) is 54.3 Å². The lowest BCUT2D eigenvalue weighted by Crippen LogP contribution is -2.19. The molecule has 292 valence electrons. The first kappa shape index (κ1) is 33.0. The molecule has 57 heavy (non-hydrogen) atoms. The maximum absolute atomic E-state index is 14.4. The smallest absolute Gasteiger partial charge is 0.251 e. The molecule has 0 aliphatic carbocycles. The topological polar surface area (TPSA) is 152 Å². The zero-order valence-corrected chi connectivity index (χ0v) is 30.8. The van der Waals surface area contributed by atoms with Crippen LogP contribution < -0.4 is 0 Å². The number of pyridine rings is 2. The van der Waals surface area contributed by atoms with Crippen molar-refractivity contribution >= 4 is 27.5 Å². The highest BCUT2D eigenvalue weighted by Crippen LogP contribution is 2.30. The van der Waals surface area contributed by atoms with Crippen LogP contribution >= 0.6 is 15.9 Å². The number of rotatable bonds is 5. The van der Waals surface area contributed by atoms with Gasteiger partial charge in [0.15, 0.2) is 11.6 Å². The van der Waals surface area contributed by atoms with E-state index >= 15 is 0 Å². The number of hydrogen-bond donors (Lipinski definition) is 2. The summed E-state index contributed by atoms with van der Waals surface area (Å²) in [5.41, 5.74) is -4.56. The molecule has 0 aliphatic heterocycles. The van der Waals surface area contributed by atoms with Crippen molar-refractivity contribution < 1.29 is 44.8 Å². The Kier molecular flexibility index (Phi) is 9.34. The second-order valence-corrected chi connectivity index (χ2v) is 13.2. The van der Waals surface area contributed by atoms with E-state index in [0.29, 0.717) is 27.9 Å². The van der Waals surface area contributed by atoms with Gasteiger partial charge in [-0.2, -0.15) is 14.7 Å². The van der Waals surface area contributed by atoms with E-state index in [1.807, 2.05) is 0 Å². The maximum atomic E-state index is 14.4. The maximum Gasteiger partial charge on any atom is 0.251 e. The van der Waals surface area contributed by atoms with E-state index in [9.17, 15) is 36.6 Å². The minimum Gasteiger partial charge on any atom is -0.384 e. The Morgan fingerprint density at radius 1 is 0.632 bits per heavy atom. The summed E-state index contributed by atoms with van der Waals surface area (Å²) in [7, 11) is 0. The van der Waals surface area contributed by atoms with Crippen molar-refractivity contribution in [3.05, 3.63) is 143 Å². The van der Waals surface area contributed by atoms with Crippen molar-refractivity contribution in [1.82, 2.24) is 49.1 Å². The normalized spacial score (nSPS) is 15.3. The Hall–Kier alpha value is -6.18. The molecule has 0 amide bonds. The molecule has 19 heteroatoms. The molecule has 0 fully saturated rings. The van der Waals surface area contributed by atoms with E-state index in [-0.39, 0.29) is 45.5 Å². The molecule has 0 saturated heterocycles. The number of halogens is 7. The van der Waals surface area contributed by atoms with Gasteiger partial charge < -0.3 is 10.2 Å². The van der Waals surface area contributed by atoms with Crippen molar-refractivity contribution in [2.45, 2.75) is 38.8 Å². The lowest BCUT2D eigenvalue weighted by Gasteiger charge is -2.15. The Morgan fingerprint density at radius 3 is 1.79 bits per heavy atom. The van der Waals surface area contributed by atoms with E-state index in [0.717, 1.165) is 31.6 Å². The van der Waals surface area contributed by atoms with Crippen LogP contribution in [0.4, 0.5) is 26.3 Å². The van der Waals surface area contributed by atoms with Crippen molar-refractivity contribution in [2.24, 2.45) is 0 Å². The monoisotopic (exact) mass is 856 g/mol. The van der Waals surface area contributed by atoms with E-state index in [1.54, 1.807) is 6.20 Å². The van der Waals surface area contributed by atoms with E-state index in [4.69, 9.17) is 8.22 Å². The summed E-state index contributed by atoms with van der Waals surface area (Å²) in [5.74, 6) is -4.73. The number of aromatic nitrogens is 10. The van der Waals surface area contributed by atoms with Gasteiger partial charge in [-0.1, -0.05) is 15.9 Å². The largest absolute Gasteiger partial charge is 0.384 e. The van der Waals surface area contributed by atoms with Gasteiger partial charge in [0.2, 0.25) is 0 Å². The molecule has 2 N–H and O–H groups in total. The predicted molar refractivity (Wildman–Crippen MR) is 198 cm³/mol. The summed E-state index contributed by atoms with van der Waals surface area (Å²) in [4.78, 5) is 23.1. The number of imidazole rings is 2. The summed E-state index contributed by atoms with van der Waals surface area (Å²) < 4.78 is 128. The average Bonchev–Trinajstić information content (AvgIpc) is 3.86. The molecule has 6 heterocycles. The van der Waals surface area contributed by atoms with Gasteiger partial charge in [-0.25, -0.2) is 50.8 Å². The number of benzene rings is 2. The van der Waals surface area contributed by atoms with Gasteiger partial charge >= 0.3 is 0 Å². The van der Waals surface area contributed by atoms with Crippen molar-refractivity contribution in [3.8, 4) is 33.8 Å². The van der Waals surface area contributed by atoms with Gasteiger partial charge in [0.25, 0.3) is 11.6 Å². The molecule has 0 spiro atoms. The van der Waals surface area contributed by atoms with Crippen LogP contribution in [-0.4, -0.2) is 59.3 Å². The van der Waals surface area contributed by atoms with Gasteiger partial charge in [0, 0.05) is 47.7 Å². The molecule has 2 unspecified atom stereocenters. The first-order valence-electron chi connectivity index (χ1n) is 19.1. The highest BCUT2D eigenvalue weighted by molar-refractivity contribution is 9.10. The quantitative estimate of drug-likeness (QED) is 0.164. The van der Waals surface area contributed by atoms with Crippen molar-refractivity contribution in [1.29, 1.82) is 0 Å². The minimum absolute atomic E-state index is 0.00557. The molecular weight excluding hydrogens is 822 g/mol. The van der Waals surface area contributed by atoms with E-state index in [1.165, 1.54) is 64.9 Å². The summed E-state index contributed by atoms with van der Waals surface area (Å²) in [6.45, 7) is -3.02. The van der Waals surface area contributed by atoms with Gasteiger partial charge in [-0.3, -0.25) is 9.97 Å². The fourth-order valence-corrected chi connectivity index (χ4v) is 5.29. The van der Waals surface area contributed by atoms with Crippen LogP contribution in [0.2, 0.25) is 0 Å². The highest BCUT2D eigenvalue weighted by atomic mass is 79.9. The molecule has 8 aromatic rings. The number of fused-ring (bicyclic) bond motifs is 2. The Bertz CT molecular complexity index is 2970. The van der Waals surface area contributed by atoms with Crippen LogP contribution in [0.15, 0.2) is 96.4 Å². The fraction of sp³-hybridized carbons (Fsp3) is 0.158. The molecule has 2 atom stereocenters. The van der Waals surface area contributed by atoms with Crippen molar-refractivity contribution in [3.63, 3.8) is 0 Å².